The van der Waals surface area contributed by atoms with Crippen molar-refractivity contribution < 1.29 is 12.3 Å². The summed E-state index contributed by atoms with van der Waals surface area (Å²) in [5, 5.41) is 13.0. The summed E-state index contributed by atoms with van der Waals surface area (Å²) in [6.45, 7) is -1.80. The molecule has 31 heavy (non-hydrogen) atoms. The Labute approximate surface area is 182 Å². The highest BCUT2D eigenvalue weighted by atomic mass is 16.2. The summed E-state index contributed by atoms with van der Waals surface area (Å²) in [7, 11) is 3.20. The summed E-state index contributed by atoms with van der Waals surface area (Å²) in [6.07, 6.45) is 4.71. The molecule has 9 nitrogen and oxygen atoms in total. The van der Waals surface area contributed by atoms with E-state index in [1.807, 2.05) is 12.1 Å². The fraction of sp³-hybridized carbons (Fsp3) is 0.273. The van der Waals surface area contributed by atoms with Gasteiger partial charge < -0.3 is 20.9 Å². The third-order valence-electron chi connectivity index (χ3n) is 5.35. The third-order valence-corrected chi connectivity index (χ3v) is 5.35. The average molecular weight is 419 g/mol. The monoisotopic (exact) mass is 419 g/mol. The summed E-state index contributed by atoms with van der Waals surface area (Å²) >= 11 is 0. The lowest BCUT2D eigenvalue weighted by atomic mass is 10.1. The zero-order valence-corrected chi connectivity index (χ0v) is 17.1. The van der Waals surface area contributed by atoms with E-state index in [1.165, 1.54) is 18.1 Å². The largest absolute Gasteiger partial charge is 0.365 e. The standard InChI is InChI=1S/C22H23N7O2/c1-23-22(31)15-11-24-19(27-21(30)13-6-7-13)10-17(15)26-16-4-3-5-18-20(16)28(2)12-14-8-9-25-29(14)18/h3-5,8-11,13H,6-7,12H2,1-2H3,(H,23,31)(H2,24,26,27,30)/i12D2. The highest BCUT2D eigenvalue weighted by molar-refractivity contribution is 6.02. The van der Waals surface area contributed by atoms with Gasteiger partial charge in [-0.3, -0.25) is 9.59 Å². The number of pyridine rings is 1. The molecule has 3 N–H and O–H groups in total. The predicted molar refractivity (Wildman–Crippen MR) is 118 cm³/mol. The minimum absolute atomic E-state index is 0.0158. The molecule has 1 aromatic carbocycles. The van der Waals surface area contributed by atoms with Gasteiger partial charge in [0.1, 0.15) is 5.82 Å². The Morgan fingerprint density at radius 3 is 2.84 bits per heavy atom. The van der Waals surface area contributed by atoms with Gasteiger partial charge in [-0.15, -0.1) is 0 Å². The van der Waals surface area contributed by atoms with Crippen LogP contribution in [0.3, 0.4) is 0 Å². The van der Waals surface area contributed by atoms with Crippen LogP contribution in [0.25, 0.3) is 5.69 Å². The Morgan fingerprint density at radius 1 is 1.23 bits per heavy atom. The van der Waals surface area contributed by atoms with Crippen LogP contribution in [0.4, 0.5) is 22.9 Å². The van der Waals surface area contributed by atoms with Crippen LogP contribution < -0.4 is 20.9 Å². The summed E-state index contributed by atoms with van der Waals surface area (Å²) in [5.41, 5.74) is 3.02. The third kappa shape index (κ3) is 3.48. The summed E-state index contributed by atoms with van der Waals surface area (Å²) in [6, 6.07) is 8.76. The van der Waals surface area contributed by atoms with E-state index in [0.717, 1.165) is 12.8 Å². The first kappa shape index (κ1) is 16.9. The molecule has 0 atom stereocenters. The van der Waals surface area contributed by atoms with Gasteiger partial charge in [-0.25, -0.2) is 9.67 Å². The van der Waals surface area contributed by atoms with E-state index in [9.17, 15) is 9.59 Å². The van der Waals surface area contributed by atoms with Gasteiger partial charge in [0, 0.05) is 38.5 Å². The summed E-state index contributed by atoms with van der Waals surface area (Å²) in [4.78, 5) is 30.5. The number of nitrogens with zero attached hydrogens (tertiary/aromatic N) is 4. The molecule has 0 spiro atoms. The lowest BCUT2D eigenvalue weighted by Gasteiger charge is -2.30. The van der Waals surface area contributed by atoms with Gasteiger partial charge in [-0.1, -0.05) is 6.07 Å². The van der Waals surface area contributed by atoms with E-state index >= 15 is 0 Å². The predicted octanol–water partition coefficient (Wildman–Crippen LogP) is 2.67. The second-order valence-electron chi connectivity index (χ2n) is 7.56. The first-order chi connectivity index (χ1) is 15.8. The van der Waals surface area contributed by atoms with Crippen LogP contribution in [0.5, 0.6) is 0 Å². The lowest BCUT2D eigenvalue weighted by Crippen LogP contribution is -2.26. The van der Waals surface area contributed by atoms with Gasteiger partial charge in [-0.05, 0) is 31.0 Å². The number of para-hydroxylation sites is 1. The quantitative estimate of drug-likeness (QED) is 0.587. The van der Waals surface area contributed by atoms with Crippen LogP contribution in [0, 0.1) is 5.92 Å². The molecule has 1 fully saturated rings. The van der Waals surface area contributed by atoms with Crippen molar-refractivity contribution in [1.29, 1.82) is 0 Å². The molecule has 0 unspecified atom stereocenters. The van der Waals surface area contributed by atoms with E-state index in [2.05, 4.69) is 26.0 Å². The maximum absolute atomic E-state index is 12.5. The number of hydrogen-bond acceptors (Lipinski definition) is 6. The molecule has 0 bridgehead atoms. The molecule has 5 rings (SSSR count). The number of benzene rings is 1. The molecule has 0 radical (unpaired) electrons. The topological polar surface area (TPSA) is 104 Å². The second-order valence-corrected chi connectivity index (χ2v) is 7.56. The summed E-state index contributed by atoms with van der Waals surface area (Å²) in [5.74, 6) is -0.0719. The van der Waals surface area contributed by atoms with E-state index in [0.29, 0.717) is 39.8 Å². The number of nitrogens with one attached hydrogen (secondary N) is 3. The van der Waals surface area contributed by atoms with Crippen LogP contribution in [0.2, 0.25) is 0 Å². The van der Waals surface area contributed by atoms with E-state index < -0.39 is 6.50 Å². The Kier molecular flexibility index (Phi) is 4.04. The maximum Gasteiger partial charge on any atom is 0.254 e. The smallest absolute Gasteiger partial charge is 0.254 e. The van der Waals surface area contributed by atoms with Gasteiger partial charge in [0.25, 0.3) is 5.91 Å². The highest BCUT2D eigenvalue weighted by Crippen LogP contribution is 2.39. The Bertz CT molecular complexity index is 1270. The number of amides is 2. The number of anilines is 4. The molecule has 1 aliphatic carbocycles. The van der Waals surface area contributed by atoms with Crippen LogP contribution >= 0.6 is 0 Å². The molecule has 2 aromatic heterocycles. The Hall–Kier alpha value is -3.88. The minimum atomic E-state index is -1.80. The van der Waals surface area contributed by atoms with Crippen LogP contribution in [-0.4, -0.2) is 40.7 Å². The maximum atomic E-state index is 12.5. The van der Waals surface area contributed by atoms with Crippen molar-refractivity contribution in [2.75, 3.05) is 29.6 Å². The number of aromatic nitrogens is 3. The van der Waals surface area contributed by atoms with Crippen molar-refractivity contribution in [1.82, 2.24) is 20.1 Å². The van der Waals surface area contributed by atoms with Gasteiger partial charge in [0.2, 0.25) is 5.91 Å². The number of carbonyl (C=O) groups excluding carboxylic acids is 2. The van der Waals surface area contributed by atoms with Gasteiger partial charge >= 0.3 is 0 Å². The first-order valence-corrected chi connectivity index (χ1v) is 10.0. The zero-order chi connectivity index (χ0) is 23.3. The highest BCUT2D eigenvalue weighted by Gasteiger charge is 2.30. The summed E-state index contributed by atoms with van der Waals surface area (Å²) < 4.78 is 18.8. The molecule has 158 valence electrons. The molecule has 3 heterocycles. The molecule has 1 aliphatic heterocycles. The number of rotatable bonds is 5. The van der Waals surface area contributed by atoms with Crippen molar-refractivity contribution in [3.8, 4) is 5.69 Å². The number of hydrogen-bond donors (Lipinski definition) is 3. The molecule has 9 heteroatoms. The van der Waals surface area contributed by atoms with Crippen molar-refractivity contribution in [3.63, 3.8) is 0 Å². The van der Waals surface area contributed by atoms with Gasteiger partial charge in [0.15, 0.2) is 0 Å². The van der Waals surface area contributed by atoms with Crippen LogP contribution in [-0.2, 0) is 11.3 Å². The van der Waals surface area contributed by atoms with E-state index in [-0.39, 0.29) is 17.7 Å². The molecule has 0 saturated heterocycles. The number of fused-ring (bicyclic) bond motifs is 3. The van der Waals surface area contributed by atoms with E-state index in [1.54, 1.807) is 36.1 Å². The van der Waals surface area contributed by atoms with Crippen molar-refractivity contribution in [2.45, 2.75) is 19.3 Å². The lowest BCUT2D eigenvalue weighted by molar-refractivity contribution is -0.117. The average Bonchev–Trinajstić information content (AvgIpc) is 3.53. The van der Waals surface area contributed by atoms with Crippen LogP contribution in [0.1, 0.15) is 31.6 Å². The fourth-order valence-electron chi connectivity index (χ4n) is 3.62. The normalized spacial score (nSPS) is 17.0. The zero-order valence-electron chi connectivity index (χ0n) is 19.1. The minimum Gasteiger partial charge on any atom is -0.365 e. The van der Waals surface area contributed by atoms with Crippen molar-refractivity contribution in [3.05, 3.63) is 54.0 Å². The second kappa shape index (κ2) is 7.42. The molecular formula is C22H23N7O2. The van der Waals surface area contributed by atoms with Crippen molar-refractivity contribution in [2.24, 2.45) is 5.92 Å². The SMILES string of the molecule is [2H]C1([2H])c2ccnn2-c2cccc(Nc3cc(NC(=O)C4CC4)ncc3C(=O)NC)c2N1C. The molecule has 2 amide bonds. The van der Waals surface area contributed by atoms with Crippen molar-refractivity contribution >= 4 is 34.7 Å². The molecular weight excluding hydrogens is 394 g/mol. The number of carbonyl (C=O) groups is 2. The van der Waals surface area contributed by atoms with Crippen LogP contribution in [0.15, 0.2) is 42.7 Å². The first-order valence-electron chi connectivity index (χ1n) is 11.0. The van der Waals surface area contributed by atoms with Gasteiger partial charge in [-0.2, -0.15) is 5.10 Å². The molecule has 1 saturated carbocycles. The fourth-order valence-corrected chi connectivity index (χ4v) is 3.62. The Balaban J connectivity index is 1.58. The van der Waals surface area contributed by atoms with Gasteiger partial charge in [0.05, 0.1) is 43.2 Å². The Morgan fingerprint density at radius 2 is 2.06 bits per heavy atom. The molecule has 3 aromatic rings. The van der Waals surface area contributed by atoms with E-state index in [4.69, 9.17) is 2.74 Å². The molecule has 2 aliphatic rings.